The molecule has 0 aliphatic rings. The van der Waals surface area contributed by atoms with E-state index in [1.807, 2.05) is 6.07 Å². The molecule has 0 amide bonds. The molecule has 0 aliphatic heterocycles. The Bertz CT molecular complexity index is 465. The van der Waals surface area contributed by atoms with E-state index in [-0.39, 0.29) is 51.4 Å². The number of fused-ring (bicyclic) bond motifs is 1. The molecule has 0 unspecified atom stereocenters. The van der Waals surface area contributed by atoms with Gasteiger partial charge in [-0.15, -0.1) is 0 Å². The third-order valence-corrected chi connectivity index (χ3v) is 2.82. The Balaban J connectivity index is 0.00000128. The van der Waals surface area contributed by atoms with Crippen LogP contribution in [0.25, 0.3) is 10.9 Å². The van der Waals surface area contributed by atoms with E-state index < -0.39 is 0 Å². The number of likely N-dealkylation sites (N-methyl/N-ethyl adjacent to an activating group) is 1. The third kappa shape index (κ3) is 3.53. The van der Waals surface area contributed by atoms with Crippen molar-refractivity contribution in [1.29, 1.82) is 0 Å². The van der Waals surface area contributed by atoms with Gasteiger partial charge in [-0.1, -0.05) is 12.1 Å². The molecule has 0 aliphatic carbocycles. The second-order valence-corrected chi connectivity index (χ2v) is 4.55. The number of nitrogens with one attached hydrogen (secondary N) is 1. The largest absolute Gasteiger partial charge is 1.00 e. The van der Waals surface area contributed by atoms with Crippen molar-refractivity contribution < 1.29 is 51.4 Å². The molecule has 16 heavy (non-hydrogen) atoms. The number of rotatable bonds is 3. The maximum atomic E-state index is 5.18. The predicted octanol–water partition coefficient (Wildman–Crippen LogP) is -0.818. The van der Waals surface area contributed by atoms with Gasteiger partial charge < -0.3 is 22.5 Å². The molecule has 80 valence electrons. The molecular weight excluding hydrogens is 243 g/mol. The van der Waals surface area contributed by atoms with E-state index >= 15 is 0 Å². The number of aromatic nitrogens is 1. The summed E-state index contributed by atoms with van der Waals surface area (Å²) in [4.78, 5) is 6.38. The van der Waals surface area contributed by atoms with Crippen molar-refractivity contribution in [2.45, 2.75) is 11.3 Å². The number of H-pyrrole nitrogens is 1. The monoisotopic (exact) mass is 258 g/mol. The molecule has 1 N–H and O–H groups in total. The molecule has 0 bridgehead atoms. The first-order valence-electron chi connectivity index (χ1n) is 5.08. The summed E-state index contributed by atoms with van der Waals surface area (Å²) in [6.07, 6.45) is 3.15. The second-order valence-electron chi connectivity index (χ2n) is 4.07. The van der Waals surface area contributed by atoms with Crippen LogP contribution in [0.1, 0.15) is 5.56 Å². The molecule has 0 spiro atoms. The van der Waals surface area contributed by atoms with E-state index in [0.717, 1.165) is 17.9 Å². The Labute approximate surface area is 145 Å². The molecule has 1 heterocycles. The molecule has 1 aromatic carbocycles. The number of hydrogen-bond donors (Lipinski definition) is 1. The van der Waals surface area contributed by atoms with Crippen molar-refractivity contribution in [3.63, 3.8) is 0 Å². The minimum Gasteiger partial charge on any atom is -0.780 e. The normalized spacial score (nSPS) is 10.7. The van der Waals surface area contributed by atoms with E-state index in [2.05, 4.69) is 42.3 Å². The van der Waals surface area contributed by atoms with Gasteiger partial charge in [-0.05, 0) is 32.1 Å². The zero-order chi connectivity index (χ0) is 10.8. The van der Waals surface area contributed by atoms with Crippen LogP contribution < -0.4 is 51.4 Å². The topological polar surface area (TPSA) is 19.0 Å². The Kier molecular flexibility index (Phi) is 5.94. The summed E-state index contributed by atoms with van der Waals surface area (Å²) >= 11 is 5.18. The van der Waals surface area contributed by atoms with Gasteiger partial charge in [0.1, 0.15) is 0 Å². The van der Waals surface area contributed by atoms with Crippen molar-refractivity contribution >= 4 is 23.5 Å². The van der Waals surface area contributed by atoms with Crippen LogP contribution in [0.2, 0.25) is 0 Å². The molecule has 0 radical (unpaired) electrons. The summed E-state index contributed by atoms with van der Waals surface area (Å²) in [6.45, 7) is 1.06. The Hall–Kier alpha value is 0.576. The SMILES string of the molecule is CN(C)CCc1c[nH]c2ccc([S-])cc12.[K+]. The number of aromatic amines is 1. The summed E-state index contributed by atoms with van der Waals surface area (Å²) in [5.74, 6) is 0. The Morgan fingerprint density at radius 3 is 2.75 bits per heavy atom. The number of benzene rings is 1. The van der Waals surface area contributed by atoms with E-state index in [1.54, 1.807) is 0 Å². The number of nitrogens with zero attached hydrogens (tertiary/aromatic N) is 1. The first kappa shape index (κ1) is 14.6. The van der Waals surface area contributed by atoms with Gasteiger partial charge in [0.05, 0.1) is 0 Å². The number of hydrogen-bond acceptors (Lipinski definition) is 2. The van der Waals surface area contributed by atoms with Gasteiger partial charge in [-0.25, -0.2) is 0 Å². The molecular formula is C12H15KN2S. The first-order chi connectivity index (χ1) is 7.16. The van der Waals surface area contributed by atoms with E-state index in [4.69, 9.17) is 12.6 Å². The van der Waals surface area contributed by atoms with E-state index in [0.29, 0.717) is 0 Å². The van der Waals surface area contributed by atoms with Crippen LogP contribution in [0, 0.1) is 0 Å². The van der Waals surface area contributed by atoms with Gasteiger partial charge in [0.15, 0.2) is 0 Å². The van der Waals surface area contributed by atoms with E-state index in [1.165, 1.54) is 16.5 Å². The fourth-order valence-corrected chi connectivity index (χ4v) is 1.89. The Morgan fingerprint density at radius 2 is 2.06 bits per heavy atom. The minimum atomic E-state index is 0. The fraction of sp³-hybridized carbons (Fsp3) is 0.333. The van der Waals surface area contributed by atoms with Crippen LogP contribution in [0.15, 0.2) is 29.3 Å². The van der Waals surface area contributed by atoms with Crippen molar-refractivity contribution in [3.05, 3.63) is 30.0 Å². The molecule has 0 saturated carbocycles. The average molecular weight is 258 g/mol. The third-order valence-electron chi connectivity index (χ3n) is 2.57. The predicted molar refractivity (Wildman–Crippen MR) is 66.2 cm³/mol. The van der Waals surface area contributed by atoms with Crippen LogP contribution in [0.4, 0.5) is 0 Å². The van der Waals surface area contributed by atoms with E-state index in [9.17, 15) is 0 Å². The standard InChI is InChI=1S/C12H16N2S.K/c1-14(2)6-5-9-8-13-12-4-3-10(15)7-11(9)12;/h3-4,7-8,13,15H,5-6H2,1-2H3;/q;+1/p-1. The maximum absolute atomic E-state index is 5.18. The summed E-state index contributed by atoms with van der Waals surface area (Å²) in [7, 11) is 4.18. The zero-order valence-corrected chi connectivity index (χ0v) is 14.0. The Morgan fingerprint density at radius 1 is 1.31 bits per heavy atom. The van der Waals surface area contributed by atoms with Crippen molar-refractivity contribution in [1.82, 2.24) is 9.88 Å². The van der Waals surface area contributed by atoms with Gasteiger partial charge in [0.2, 0.25) is 0 Å². The minimum absolute atomic E-state index is 0. The fourth-order valence-electron chi connectivity index (χ4n) is 1.71. The van der Waals surface area contributed by atoms with Crippen molar-refractivity contribution in [2.24, 2.45) is 0 Å². The smallest absolute Gasteiger partial charge is 0.780 e. The van der Waals surface area contributed by atoms with Gasteiger partial charge in [-0.2, -0.15) is 4.90 Å². The first-order valence-corrected chi connectivity index (χ1v) is 5.49. The maximum Gasteiger partial charge on any atom is 1.00 e. The second kappa shape index (κ2) is 6.49. The van der Waals surface area contributed by atoms with Gasteiger partial charge >= 0.3 is 51.4 Å². The van der Waals surface area contributed by atoms with Crippen LogP contribution in [0.5, 0.6) is 0 Å². The summed E-state index contributed by atoms with van der Waals surface area (Å²) in [5.41, 5.74) is 2.53. The van der Waals surface area contributed by atoms with Crippen LogP contribution in [-0.4, -0.2) is 30.5 Å². The molecule has 0 atom stereocenters. The molecule has 4 heteroatoms. The van der Waals surface area contributed by atoms with Gasteiger partial charge in [-0.3, -0.25) is 0 Å². The molecule has 2 rings (SSSR count). The van der Waals surface area contributed by atoms with Crippen molar-refractivity contribution in [3.8, 4) is 0 Å². The molecule has 0 fully saturated rings. The average Bonchev–Trinajstić information content (AvgIpc) is 2.57. The summed E-state index contributed by atoms with van der Waals surface area (Å²) in [5, 5.41) is 1.27. The van der Waals surface area contributed by atoms with Crippen molar-refractivity contribution in [2.75, 3.05) is 20.6 Å². The summed E-state index contributed by atoms with van der Waals surface area (Å²) in [6, 6.07) is 6.09. The van der Waals surface area contributed by atoms with Gasteiger partial charge in [0.25, 0.3) is 0 Å². The molecule has 2 aromatic rings. The van der Waals surface area contributed by atoms with Crippen LogP contribution in [-0.2, 0) is 19.0 Å². The zero-order valence-electron chi connectivity index (χ0n) is 10.1. The van der Waals surface area contributed by atoms with Crippen LogP contribution in [0.3, 0.4) is 0 Å². The summed E-state index contributed by atoms with van der Waals surface area (Å²) < 4.78 is 0. The quantitative estimate of drug-likeness (QED) is 0.573. The molecule has 0 saturated heterocycles. The molecule has 2 nitrogen and oxygen atoms in total. The van der Waals surface area contributed by atoms with Crippen LogP contribution >= 0.6 is 0 Å². The van der Waals surface area contributed by atoms with Gasteiger partial charge in [0, 0.05) is 23.6 Å². The molecule has 1 aromatic heterocycles.